The third-order valence-corrected chi connectivity index (χ3v) is 4.59. The van der Waals surface area contributed by atoms with Crippen molar-refractivity contribution in [1.82, 2.24) is 10.6 Å². The van der Waals surface area contributed by atoms with Crippen LogP contribution < -0.4 is 10.6 Å². The molecule has 132 valence electrons. The van der Waals surface area contributed by atoms with Crippen LogP contribution in [-0.2, 0) is 11.2 Å². The highest BCUT2D eigenvalue weighted by atomic mass is 35.5. The lowest BCUT2D eigenvalue weighted by molar-refractivity contribution is -0.129. The monoisotopic (exact) mass is 350 g/mol. The highest BCUT2D eigenvalue weighted by Gasteiger charge is 2.30. The van der Waals surface area contributed by atoms with Crippen LogP contribution in [0.1, 0.15) is 62.9 Å². The number of amides is 2. The van der Waals surface area contributed by atoms with E-state index in [4.69, 9.17) is 11.6 Å². The summed E-state index contributed by atoms with van der Waals surface area (Å²) >= 11 is 6.28. The van der Waals surface area contributed by atoms with E-state index in [1.807, 2.05) is 39.8 Å². The van der Waals surface area contributed by atoms with Crippen LogP contribution in [0, 0.1) is 5.92 Å². The van der Waals surface area contributed by atoms with Gasteiger partial charge in [0.1, 0.15) is 0 Å². The summed E-state index contributed by atoms with van der Waals surface area (Å²) in [7, 11) is 0. The van der Waals surface area contributed by atoms with Crippen molar-refractivity contribution in [3.05, 3.63) is 34.3 Å². The van der Waals surface area contributed by atoms with Gasteiger partial charge < -0.3 is 10.6 Å². The van der Waals surface area contributed by atoms with Crippen LogP contribution >= 0.6 is 11.6 Å². The molecule has 2 rings (SSSR count). The lowest BCUT2D eigenvalue weighted by Crippen LogP contribution is -2.48. The molecule has 5 heteroatoms. The third-order valence-electron chi connectivity index (χ3n) is 4.28. The van der Waals surface area contributed by atoms with Gasteiger partial charge in [-0.2, -0.15) is 0 Å². The maximum absolute atomic E-state index is 12.2. The van der Waals surface area contributed by atoms with E-state index in [9.17, 15) is 9.59 Å². The first-order valence-electron chi connectivity index (χ1n) is 8.59. The number of hydrogen-bond acceptors (Lipinski definition) is 2. The Hall–Kier alpha value is -1.55. The minimum Gasteiger partial charge on any atom is -0.351 e. The van der Waals surface area contributed by atoms with Gasteiger partial charge in [0.05, 0.1) is 10.6 Å². The minimum atomic E-state index is -0.349. The second-order valence-corrected chi connectivity index (χ2v) is 8.03. The Morgan fingerprint density at radius 1 is 1.29 bits per heavy atom. The molecule has 24 heavy (non-hydrogen) atoms. The zero-order chi connectivity index (χ0) is 17.9. The summed E-state index contributed by atoms with van der Waals surface area (Å²) in [5.41, 5.74) is 1.13. The molecule has 4 nitrogen and oxygen atoms in total. The molecule has 0 aliphatic heterocycles. The minimum absolute atomic E-state index is 0.0638. The number of carbonyl (C=O) groups excluding carboxylic acids is 2. The van der Waals surface area contributed by atoms with E-state index >= 15 is 0 Å². The zero-order valence-corrected chi connectivity index (χ0v) is 15.7. The van der Waals surface area contributed by atoms with Gasteiger partial charge in [-0.3, -0.25) is 9.59 Å². The number of carbonyl (C=O) groups is 2. The van der Waals surface area contributed by atoms with Crippen LogP contribution in [0.3, 0.4) is 0 Å². The van der Waals surface area contributed by atoms with Gasteiger partial charge in [-0.25, -0.2) is 0 Å². The molecule has 2 N–H and O–H groups in total. The maximum atomic E-state index is 12.2. The van der Waals surface area contributed by atoms with Crippen molar-refractivity contribution in [2.45, 2.75) is 65.0 Å². The summed E-state index contributed by atoms with van der Waals surface area (Å²) in [6.45, 7) is 7.84. The summed E-state index contributed by atoms with van der Waals surface area (Å²) < 4.78 is 0. The van der Waals surface area contributed by atoms with Crippen LogP contribution in [0.2, 0.25) is 5.02 Å². The Balaban J connectivity index is 2.02. The number of halogens is 1. The topological polar surface area (TPSA) is 58.2 Å². The summed E-state index contributed by atoms with van der Waals surface area (Å²) in [6, 6.07) is 5.53. The van der Waals surface area contributed by atoms with Crippen LogP contribution in [0.5, 0.6) is 0 Å². The van der Waals surface area contributed by atoms with Crippen LogP contribution in [-0.4, -0.2) is 23.4 Å². The summed E-state index contributed by atoms with van der Waals surface area (Å²) in [5.74, 6) is 0.152. The van der Waals surface area contributed by atoms with E-state index < -0.39 is 0 Å². The summed E-state index contributed by atoms with van der Waals surface area (Å²) in [5, 5.41) is 6.40. The number of benzene rings is 1. The summed E-state index contributed by atoms with van der Waals surface area (Å²) in [4.78, 5) is 24.2. The van der Waals surface area contributed by atoms with Gasteiger partial charge in [0, 0.05) is 17.5 Å². The van der Waals surface area contributed by atoms with Gasteiger partial charge in [0.25, 0.3) is 5.91 Å². The fourth-order valence-corrected chi connectivity index (χ4v) is 3.14. The fraction of sp³-hybridized carbons (Fsp3) is 0.579. The average molecular weight is 351 g/mol. The molecule has 0 heterocycles. The zero-order valence-electron chi connectivity index (χ0n) is 14.9. The largest absolute Gasteiger partial charge is 0.351 e. The lowest BCUT2D eigenvalue weighted by atomic mass is 9.83. The molecule has 1 saturated carbocycles. The molecule has 0 atom stereocenters. The Kier molecular flexibility index (Phi) is 5.92. The van der Waals surface area contributed by atoms with Crippen molar-refractivity contribution < 1.29 is 9.59 Å². The van der Waals surface area contributed by atoms with Crippen molar-refractivity contribution in [2.24, 2.45) is 5.92 Å². The van der Waals surface area contributed by atoms with E-state index in [0.717, 1.165) is 24.8 Å². The van der Waals surface area contributed by atoms with Crippen molar-refractivity contribution in [2.75, 3.05) is 0 Å². The molecule has 0 bridgehead atoms. The normalized spacial score (nSPS) is 15.1. The molecule has 1 aromatic rings. The molecule has 2 amide bonds. The molecule has 0 radical (unpaired) electrons. The number of nitrogens with one attached hydrogen (secondary N) is 2. The molecule has 0 unspecified atom stereocenters. The van der Waals surface area contributed by atoms with E-state index in [2.05, 4.69) is 10.6 Å². The van der Waals surface area contributed by atoms with Gasteiger partial charge in [0.2, 0.25) is 5.91 Å². The molecule has 0 aromatic heterocycles. The average Bonchev–Trinajstić information content (AvgIpc) is 2.33. The Labute approximate surface area is 149 Å². The first-order chi connectivity index (χ1) is 11.2. The molecular weight excluding hydrogens is 324 g/mol. The Morgan fingerprint density at radius 2 is 1.96 bits per heavy atom. The molecular formula is C19H27ClN2O2. The second kappa shape index (κ2) is 7.56. The molecule has 1 aromatic carbocycles. The maximum Gasteiger partial charge on any atom is 0.252 e. The molecule has 0 saturated heterocycles. The van der Waals surface area contributed by atoms with E-state index in [0.29, 0.717) is 17.0 Å². The smallest absolute Gasteiger partial charge is 0.252 e. The van der Waals surface area contributed by atoms with E-state index in [-0.39, 0.29) is 29.3 Å². The second-order valence-electron chi connectivity index (χ2n) is 7.62. The SMILES string of the molecule is CC(C)NC(=O)c1ccc(CC(C)(C)NC(=O)C2CCC2)cc1Cl. The predicted molar refractivity (Wildman–Crippen MR) is 97.3 cm³/mol. The standard InChI is InChI=1S/C19H27ClN2O2/c1-12(2)21-18(24)15-9-8-13(10-16(15)20)11-19(3,4)22-17(23)14-6-5-7-14/h8-10,12,14H,5-7,11H2,1-4H3,(H,21,24)(H,22,23). The van der Waals surface area contributed by atoms with Crippen molar-refractivity contribution in [1.29, 1.82) is 0 Å². The molecule has 1 aliphatic rings. The third kappa shape index (κ3) is 4.97. The Bertz CT molecular complexity index is 622. The highest BCUT2D eigenvalue weighted by Crippen LogP contribution is 2.27. The van der Waals surface area contributed by atoms with E-state index in [1.165, 1.54) is 0 Å². The quantitative estimate of drug-likeness (QED) is 0.821. The van der Waals surface area contributed by atoms with Gasteiger partial charge >= 0.3 is 0 Å². The van der Waals surface area contributed by atoms with Gasteiger partial charge in [0.15, 0.2) is 0 Å². The molecule has 1 fully saturated rings. The van der Waals surface area contributed by atoms with E-state index in [1.54, 1.807) is 6.07 Å². The lowest BCUT2D eigenvalue weighted by Gasteiger charge is -2.32. The predicted octanol–water partition coefficient (Wildman–Crippen LogP) is 3.72. The fourth-order valence-electron chi connectivity index (χ4n) is 2.85. The highest BCUT2D eigenvalue weighted by molar-refractivity contribution is 6.33. The first kappa shape index (κ1) is 18.8. The van der Waals surface area contributed by atoms with Gasteiger partial charge in [-0.05, 0) is 64.7 Å². The van der Waals surface area contributed by atoms with Gasteiger partial charge in [-0.1, -0.05) is 24.1 Å². The Morgan fingerprint density at radius 3 is 2.46 bits per heavy atom. The van der Waals surface area contributed by atoms with Gasteiger partial charge in [-0.15, -0.1) is 0 Å². The van der Waals surface area contributed by atoms with Crippen molar-refractivity contribution in [3.8, 4) is 0 Å². The van der Waals surface area contributed by atoms with Crippen molar-refractivity contribution in [3.63, 3.8) is 0 Å². The molecule has 1 aliphatic carbocycles. The van der Waals surface area contributed by atoms with Crippen LogP contribution in [0.4, 0.5) is 0 Å². The van der Waals surface area contributed by atoms with Crippen LogP contribution in [0.25, 0.3) is 0 Å². The number of rotatable bonds is 6. The first-order valence-corrected chi connectivity index (χ1v) is 8.97. The van der Waals surface area contributed by atoms with Crippen LogP contribution in [0.15, 0.2) is 18.2 Å². The number of hydrogen-bond donors (Lipinski definition) is 2. The summed E-state index contributed by atoms with van der Waals surface area (Å²) in [6.07, 6.45) is 3.80. The molecule has 0 spiro atoms. The van der Waals surface area contributed by atoms with Crippen molar-refractivity contribution >= 4 is 23.4 Å².